The molecular weight excluding hydrogens is 290 g/mol. The molecule has 0 fully saturated rings. The molecule has 0 saturated heterocycles. The summed E-state index contributed by atoms with van der Waals surface area (Å²) in [6.45, 7) is 9.28. The van der Waals surface area contributed by atoms with E-state index in [2.05, 4.69) is 26.1 Å². The zero-order valence-electron chi connectivity index (χ0n) is 15.1. The van der Waals surface area contributed by atoms with Crippen LogP contribution in [-0.4, -0.2) is 50.4 Å². The summed E-state index contributed by atoms with van der Waals surface area (Å²) in [5, 5.41) is 2.83. The summed E-state index contributed by atoms with van der Waals surface area (Å²) >= 11 is 0. The Morgan fingerprint density at radius 2 is 1.65 bits per heavy atom. The SMILES string of the molecule is CC(=O)N(CC(=O)NCCN(C)C)c1ccc(C(C)(C)C)cc1. The van der Waals surface area contributed by atoms with E-state index >= 15 is 0 Å². The van der Waals surface area contributed by atoms with E-state index in [1.54, 1.807) is 0 Å². The maximum Gasteiger partial charge on any atom is 0.240 e. The molecule has 1 rings (SSSR count). The number of rotatable bonds is 6. The Balaban J connectivity index is 2.75. The van der Waals surface area contributed by atoms with Gasteiger partial charge in [-0.3, -0.25) is 9.59 Å². The summed E-state index contributed by atoms with van der Waals surface area (Å²) < 4.78 is 0. The van der Waals surface area contributed by atoms with Crippen molar-refractivity contribution in [3.8, 4) is 0 Å². The molecule has 2 amide bonds. The van der Waals surface area contributed by atoms with Gasteiger partial charge in [0, 0.05) is 25.7 Å². The molecule has 5 heteroatoms. The standard InChI is InChI=1S/C18H29N3O2/c1-14(22)21(13-17(23)19-11-12-20(5)6)16-9-7-15(8-10-16)18(2,3)4/h7-10H,11-13H2,1-6H3,(H,19,23). The minimum atomic E-state index is -0.151. The van der Waals surface area contributed by atoms with Gasteiger partial charge in [-0.05, 0) is 37.2 Å². The number of nitrogens with one attached hydrogen (secondary N) is 1. The Morgan fingerprint density at radius 3 is 2.09 bits per heavy atom. The van der Waals surface area contributed by atoms with Crippen molar-refractivity contribution in [1.29, 1.82) is 0 Å². The third-order valence-electron chi connectivity index (χ3n) is 3.61. The Hall–Kier alpha value is -1.88. The molecule has 0 unspecified atom stereocenters. The molecule has 5 nitrogen and oxygen atoms in total. The van der Waals surface area contributed by atoms with Crippen LogP contribution in [0, 0.1) is 0 Å². The minimum Gasteiger partial charge on any atom is -0.353 e. The van der Waals surface area contributed by atoms with Crippen molar-refractivity contribution in [3.05, 3.63) is 29.8 Å². The van der Waals surface area contributed by atoms with Gasteiger partial charge >= 0.3 is 0 Å². The molecule has 0 aliphatic heterocycles. The summed E-state index contributed by atoms with van der Waals surface area (Å²) in [5.74, 6) is -0.293. The number of amides is 2. The molecule has 23 heavy (non-hydrogen) atoms. The first-order valence-corrected chi connectivity index (χ1v) is 7.91. The van der Waals surface area contributed by atoms with E-state index in [4.69, 9.17) is 0 Å². The number of hydrogen-bond donors (Lipinski definition) is 1. The zero-order valence-corrected chi connectivity index (χ0v) is 15.1. The van der Waals surface area contributed by atoms with E-state index in [1.165, 1.54) is 17.4 Å². The smallest absolute Gasteiger partial charge is 0.240 e. The molecule has 1 N–H and O–H groups in total. The van der Waals surface area contributed by atoms with Gasteiger partial charge in [-0.1, -0.05) is 32.9 Å². The summed E-state index contributed by atoms with van der Waals surface area (Å²) in [5.41, 5.74) is 2.00. The zero-order chi connectivity index (χ0) is 17.6. The lowest BCUT2D eigenvalue weighted by molar-refractivity contribution is -0.123. The molecule has 128 valence electrons. The lowest BCUT2D eigenvalue weighted by Crippen LogP contribution is -2.41. The highest BCUT2D eigenvalue weighted by atomic mass is 16.2. The van der Waals surface area contributed by atoms with Crippen LogP contribution in [0.3, 0.4) is 0 Å². The molecule has 0 atom stereocenters. The molecular formula is C18H29N3O2. The van der Waals surface area contributed by atoms with Crippen molar-refractivity contribution in [2.75, 3.05) is 38.6 Å². The van der Waals surface area contributed by atoms with E-state index in [-0.39, 0.29) is 23.8 Å². The van der Waals surface area contributed by atoms with Crippen molar-refractivity contribution in [1.82, 2.24) is 10.2 Å². The number of benzene rings is 1. The van der Waals surface area contributed by atoms with Gasteiger partial charge in [-0.2, -0.15) is 0 Å². The number of carbonyl (C=O) groups excluding carboxylic acids is 2. The maximum absolute atomic E-state index is 12.0. The Kier molecular flexibility index (Phi) is 6.76. The predicted octanol–water partition coefficient (Wildman–Crippen LogP) is 2.01. The van der Waals surface area contributed by atoms with Crippen molar-refractivity contribution < 1.29 is 9.59 Å². The second kappa shape index (κ2) is 8.11. The van der Waals surface area contributed by atoms with Crippen LogP contribution in [0.4, 0.5) is 5.69 Å². The largest absolute Gasteiger partial charge is 0.353 e. The van der Waals surface area contributed by atoms with Crippen molar-refractivity contribution in [2.24, 2.45) is 0 Å². The van der Waals surface area contributed by atoms with Gasteiger partial charge in [0.05, 0.1) is 0 Å². The summed E-state index contributed by atoms with van der Waals surface area (Å²) in [6.07, 6.45) is 0. The summed E-state index contributed by atoms with van der Waals surface area (Å²) in [7, 11) is 3.90. The first kappa shape index (κ1) is 19.2. The van der Waals surface area contributed by atoms with Crippen molar-refractivity contribution in [2.45, 2.75) is 33.1 Å². The Labute approximate surface area is 139 Å². The molecule has 0 spiro atoms. The molecule has 0 radical (unpaired) electrons. The molecule has 0 heterocycles. The second-order valence-corrected chi connectivity index (χ2v) is 7.06. The quantitative estimate of drug-likeness (QED) is 0.873. The molecule has 0 aromatic heterocycles. The average Bonchev–Trinajstić information content (AvgIpc) is 2.43. The third kappa shape index (κ3) is 6.40. The Morgan fingerprint density at radius 1 is 1.09 bits per heavy atom. The summed E-state index contributed by atoms with van der Waals surface area (Å²) in [6, 6.07) is 7.81. The minimum absolute atomic E-state index is 0.0393. The number of nitrogens with zero attached hydrogens (tertiary/aromatic N) is 2. The fourth-order valence-electron chi connectivity index (χ4n) is 2.14. The number of anilines is 1. The Bertz CT molecular complexity index is 530. The van der Waals surface area contributed by atoms with Gasteiger partial charge in [0.25, 0.3) is 0 Å². The van der Waals surface area contributed by atoms with E-state index < -0.39 is 0 Å². The van der Waals surface area contributed by atoms with Gasteiger partial charge in [-0.25, -0.2) is 0 Å². The van der Waals surface area contributed by atoms with Gasteiger partial charge in [0.2, 0.25) is 11.8 Å². The van der Waals surface area contributed by atoms with Crippen LogP contribution in [0.1, 0.15) is 33.3 Å². The summed E-state index contributed by atoms with van der Waals surface area (Å²) in [4.78, 5) is 27.4. The van der Waals surface area contributed by atoms with Gasteiger partial charge < -0.3 is 15.1 Å². The average molecular weight is 319 g/mol. The van der Waals surface area contributed by atoms with E-state index in [9.17, 15) is 9.59 Å². The predicted molar refractivity (Wildman–Crippen MR) is 94.7 cm³/mol. The first-order valence-electron chi connectivity index (χ1n) is 7.91. The van der Waals surface area contributed by atoms with Crippen LogP contribution >= 0.6 is 0 Å². The van der Waals surface area contributed by atoms with Crippen LogP contribution in [0.5, 0.6) is 0 Å². The molecule has 0 bridgehead atoms. The lowest BCUT2D eigenvalue weighted by atomic mass is 9.87. The second-order valence-electron chi connectivity index (χ2n) is 7.06. The molecule has 1 aromatic rings. The highest BCUT2D eigenvalue weighted by molar-refractivity contribution is 5.97. The first-order chi connectivity index (χ1) is 10.6. The highest BCUT2D eigenvalue weighted by Gasteiger charge is 2.18. The van der Waals surface area contributed by atoms with Crippen LogP contribution < -0.4 is 10.2 Å². The van der Waals surface area contributed by atoms with E-state index in [1.807, 2.05) is 43.3 Å². The van der Waals surface area contributed by atoms with Crippen molar-refractivity contribution >= 4 is 17.5 Å². The number of carbonyl (C=O) groups is 2. The van der Waals surface area contributed by atoms with Crippen LogP contribution in [0.15, 0.2) is 24.3 Å². The molecule has 1 aromatic carbocycles. The van der Waals surface area contributed by atoms with E-state index in [0.29, 0.717) is 6.54 Å². The van der Waals surface area contributed by atoms with Crippen LogP contribution in [-0.2, 0) is 15.0 Å². The van der Waals surface area contributed by atoms with Gasteiger partial charge in [-0.15, -0.1) is 0 Å². The molecule has 0 aliphatic rings. The van der Waals surface area contributed by atoms with Crippen LogP contribution in [0.25, 0.3) is 0 Å². The highest BCUT2D eigenvalue weighted by Crippen LogP contribution is 2.24. The van der Waals surface area contributed by atoms with Gasteiger partial charge in [0.15, 0.2) is 0 Å². The third-order valence-corrected chi connectivity index (χ3v) is 3.61. The lowest BCUT2D eigenvalue weighted by Gasteiger charge is -2.23. The fraction of sp³-hybridized carbons (Fsp3) is 0.556. The van der Waals surface area contributed by atoms with E-state index in [0.717, 1.165) is 12.2 Å². The topological polar surface area (TPSA) is 52.7 Å². The van der Waals surface area contributed by atoms with Crippen LogP contribution in [0.2, 0.25) is 0 Å². The maximum atomic E-state index is 12.0. The van der Waals surface area contributed by atoms with Gasteiger partial charge in [0.1, 0.15) is 6.54 Å². The molecule has 0 saturated carbocycles. The monoisotopic (exact) mass is 319 g/mol. The number of likely N-dealkylation sites (N-methyl/N-ethyl adjacent to an activating group) is 1. The number of hydrogen-bond acceptors (Lipinski definition) is 3. The van der Waals surface area contributed by atoms with Crippen molar-refractivity contribution in [3.63, 3.8) is 0 Å². The fourth-order valence-corrected chi connectivity index (χ4v) is 2.14. The normalized spacial score (nSPS) is 11.4. The molecule has 0 aliphatic carbocycles.